The third-order valence-electron chi connectivity index (χ3n) is 12.7. The van der Waals surface area contributed by atoms with Gasteiger partial charge in [0.1, 0.15) is 18.1 Å². The standard InChI is InChI=1S/C48H49F2N9O8/c49-43(50)42-35(53-44(62)36-27-67-46(54-36)32-14-17-51-39(24-32)52-25-29-6-7-29)26-58(56-42)33-10-8-30(9-11-33)38(60)5-2-21-66-22-20-57-18-15-28(16-19-57)23-31-3-1-4-34-41(31)48(65)59(47(34)64)37-12-13-40(61)55-45(37)63/h1,3-4,8-11,14,17,24,26-29,37,43H,2,5-7,12-13,15-16,18-23,25H2,(H,51,52)(H,53,62)(H,55,61,63). The summed E-state index contributed by atoms with van der Waals surface area (Å²) in [6.45, 7) is 4.15. The van der Waals surface area contributed by atoms with Crippen LogP contribution in [0.4, 0.5) is 20.3 Å². The molecule has 1 aliphatic carbocycles. The second-order valence-corrected chi connectivity index (χ2v) is 17.4. The normalized spacial score (nSPS) is 17.8. The fourth-order valence-electron chi connectivity index (χ4n) is 8.76. The van der Waals surface area contributed by atoms with Crippen molar-refractivity contribution in [3.63, 3.8) is 0 Å². The van der Waals surface area contributed by atoms with Gasteiger partial charge in [-0.15, -0.1) is 0 Å². The summed E-state index contributed by atoms with van der Waals surface area (Å²) in [6, 6.07) is 14.1. The van der Waals surface area contributed by atoms with Crippen molar-refractivity contribution in [3.05, 3.63) is 107 Å². The van der Waals surface area contributed by atoms with Crippen LogP contribution in [-0.2, 0) is 20.7 Å². The molecule has 2 saturated heterocycles. The molecule has 9 rings (SSSR count). The van der Waals surface area contributed by atoms with Gasteiger partial charge < -0.3 is 24.7 Å². The van der Waals surface area contributed by atoms with E-state index >= 15 is 0 Å². The Hall–Kier alpha value is -6.99. The van der Waals surface area contributed by atoms with Gasteiger partial charge in [0.15, 0.2) is 17.2 Å². The van der Waals surface area contributed by atoms with E-state index in [9.17, 15) is 37.5 Å². The van der Waals surface area contributed by atoms with E-state index < -0.39 is 47.7 Å². The van der Waals surface area contributed by atoms with Crippen molar-refractivity contribution >= 4 is 46.8 Å². The number of amides is 5. The number of Topliss-reactive ketones (excluding diaryl/α,β-unsaturated/α-hetero) is 1. The van der Waals surface area contributed by atoms with Crippen molar-refractivity contribution in [2.45, 2.75) is 70.3 Å². The highest BCUT2D eigenvalue weighted by molar-refractivity contribution is 6.24. The summed E-state index contributed by atoms with van der Waals surface area (Å²) in [4.78, 5) is 88.9. The number of hydrogen-bond acceptors (Lipinski definition) is 13. The largest absolute Gasteiger partial charge is 0.444 e. The number of fused-ring (bicyclic) bond motifs is 1. The van der Waals surface area contributed by atoms with E-state index in [-0.39, 0.29) is 42.3 Å². The molecule has 348 valence electrons. The second-order valence-electron chi connectivity index (χ2n) is 17.4. The molecule has 5 aromatic rings. The highest BCUT2D eigenvalue weighted by Gasteiger charge is 2.45. The molecule has 3 aliphatic heterocycles. The Labute approximate surface area is 383 Å². The van der Waals surface area contributed by atoms with Crippen LogP contribution < -0.4 is 16.0 Å². The van der Waals surface area contributed by atoms with E-state index in [1.54, 1.807) is 54.7 Å². The number of pyridine rings is 1. The Morgan fingerprint density at radius 3 is 2.51 bits per heavy atom. The zero-order chi connectivity index (χ0) is 46.6. The predicted molar refractivity (Wildman–Crippen MR) is 238 cm³/mol. The molecular formula is C48H49F2N9O8. The number of carbonyl (C=O) groups excluding carboxylic acids is 6. The van der Waals surface area contributed by atoms with Crippen molar-refractivity contribution < 1.29 is 46.7 Å². The van der Waals surface area contributed by atoms with E-state index in [0.717, 1.165) is 55.7 Å². The zero-order valence-electron chi connectivity index (χ0n) is 36.5. The zero-order valence-corrected chi connectivity index (χ0v) is 36.5. The molecule has 67 heavy (non-hydrogen) atoms. The maximum absolute atomic E-state index is 14.1. The number of anilines is 2. The van der Waals surface area contributed by atoms with E-state index in [1.807, 2.05) is 6.07 Å². The minimum atomic E-state index is -2.99. The molecule has 17 nitrogen and oxygen atoms in total. The number of nitrogens with zero attached hydrogens (tertiary/aromatic N) is 6. The van der Waals surface area contributed by atoms with Crippen molar-refractivity contribution in [2.24, 2.45) is 11.8 Å². The summed E-state index contributed by atoms with van der Waals surface area (Å²) in [5.41, 5.74) is 1.97. The number of halogens is 2. The topological polar surface area (TPSA) is 211 Å². The number of oxazole rings is 1. The van der Waals surface area contributed by atoms with Crippen molar-refractivity contribution in [1.82, 2.24) is 34.9 Å². The van der Waals surface area contributed by atoms with Crippen LogP contribution in [-0.4, -0.2) is 110 Å². The van der Waals surface area contributed by atoms with Crippen LogP contribution in [0.5, 0.6) is 0 Å². The van der Waals surface area contributed by atoms with Crippen molar-refractivity contribution in [2.75, 3.05) is 50.0 Å². The number of piperidine rings is 2. The van der Waals surface area contributed by atoms with Crippen LogP contribution >= 0.6 is 0 Å². The smallest absolute Gasteiger partial charge is 0.284 e. The molecule has 1 unspecified atom stereocenters. The van der Waals surface area contributed by atoms with Gasteiger partial charge in [-0.3, -0.25) is 39.0 Å². The lowest BCUT2D eigenvalue weighted by molar-refractivity contribution is -0.136. The first-order chi connectivity index (χ1) is 32.5. The number of aromatic nitrogens is 4. The number of likely N-dealkylation sites (tertiary alicyclic amines) is 1. The van der Waals surface area contributed by atoms with E-state index in [4.69, 9.17) is 9.15 Å². The number of carbonyl (C=O) groups is 6. The number of rotatable bonds is 19. The van der Waals surface area contributed by atoms with Crippen LogP contribution in [0.25, 0.3) is 17.1 Å². The predicted octanol–water partition coefficient (Wildman–Crippen LogP) is 6.27. The molecule has 6 heterocycles. The van der Waals surface area contributed by atoms with E-state index in [1.165, 1.54) is 23.7 Å². The van der Waals surface area contributed by atoms with Gasteiger partial charge in [0, 0.05) is 49.9 Å². The van der Waals surface area contributed by atoms with Gasteiger partial charge in [0.2, 0.25) is 17.7 Å². The van der Waals surface area contributed by atoms with Gasteiger partial charge >= 0.3 is 0 Å². The molecule has 3 N–H and O–H groups in total. The minimum Gasteiger partial charge on any atom is -0.444 e. The van der Waals surface area contributed by atoms with Crippen LogP contribution in [0, 0.1) is 11.8 Å². The lowest BCUT2D eigenvalue weighted by atomic mass is 9.87. The number of benzene rings is 2. The van der Waals surface area contributed by atoms with Gasteiger partial charge in [-0.1, -0.05) is 12.1 Å². The van der Waals surface area contributed by atoms with Gasteiger partial charge in [0.05, 0.1) is 35.3 Å². The molecule has 0 spiro atoms. The van der Waals surface area contributed by atoms with Gasteiger partial charge in [-0.25, -0.2) is 23.4 Å². The molecule has 0 bridgehead atoms. The second kappa shape index (κ2) is 19.9. The third-order valence-corrected chi connectivity index (χ3v) is 12.7. The highest BCUT2D eigenvalue weighted by atomic mass is 19.3. The summed E-state index contributed by atoms with van der Waals surface area (Å²) >= 11 is 0. The molecule has 5 amide bonds. The Kier molecular flexibility index (Phi) is 13.4. The van der Waals surface area contributed by atoms with Gasteiger partial charge in [-0.2, -0.15) is 5.10 Å². The average molecular weight is 918 g/mol. The molecule has 1 atom stereocenters. The fourth-order valence-corrected chi connectivity index (χ4v) is 8.76. The van der Waals surface area contributed by atoms with E-state index in [0.29, 0.717) is 71.7 Å². The summed E-state index contributed by atoms with van der Waals surface area (Å²) < 4.78 is 40.8. The molecule has 4 aliphatic rings. The molecule has 2 aromatic carbocycles. The Balaban J connectivity index is 0.694. The molecule has 19 heteroatoms. The summed E-state index contributed by atoms with van der Waals surface area (Å²) in [6.07, 6.45) is 6.82. The summed E-state index contributed by atoms with van der Waals surface area (Å²) in [5.74, 6) is -1.09. The lowest BCUT2D eigenvalue weighted by Gasteiger charge is -2.32. The maximum Gasteiger partial charge on any atom is 0.284 e. The Bertz CT molecular complexity index is 2690. The number of ketones is 1. The number of ether oxygens (including phenoxy) is 1. The number of imide groups is 2. The van der Waals surface area contributed by atoms with Crippen molar-refractivity contribution in [3.8, 4) is 17.1 Å². The number of alkyl halides is 2. The van der Waals surface area contributed by atoms with Gasteiger partial charge in [-0.05, 0) is 118 Å². The fraction of sp³-hybridized carbons (Fsp3) is 0.396. The lowest BCUT2D eigenvalue weighted by Crippen LogP contribution is -2.54. The maximum atomic E-state index is 14.1. The molecular weight excluding hydrogens is 869 g/mol. The summed E-state index contributed by atoms with van der Waals surface area (Å²) in [5, 5.41) is 12.0. The highest BCUT2D eigenvalue weighted by Crippen LogP contribution is 2.34. The van der Waals surface area contributed by atoms with Crippen LogP contribution in [0.1, 0.15) is 111 Å². The molecule has 1 saturated carbocycles. The van der Waals surface area contributed by atoms with Crippen molar-refractivity contribution in [1.29, 1.82) is 0 Å². The van der Waals surface area contributed by atoms with Gasteiger partial charge in [0.25, 0.3) is 24.1 Å². The Morgan fingerprint density at radius 1 is 0.940 bits per heavy atom. The third kappa shape index (κ3) is 10.4. The van der Waals surface area contributed by atoms with Crippen LogP contribution in [0.2, 0.25) is 0 Å². The molecule has 3 aromatic heterocycles. The van der Waals surface area contributed by atoms with Crippen LogP contribution in [0.15, 0.2) is 77.7 Å². The first-order valence-electron chi connectivity index (χ1n) is 22.6. The number of nitrogens with one attached hydrogen (secondary N) is 3. The monoisotopic (exact) mass is 917 g/mol. The first-order valence-corrected chi connectivity index (χ1v) is 22.6. The molecule has 0 radical (unpaired) electrons. The number of hydrogen-bond donors (Lipinski definition) is 3. The average Bonchev–Trinajstić information content (AvgIpc) is 3.73. The Morgan fingerprint density at radius 2 is 1.75 bits per heavy atom. The SMILES string of the molecule is O=C1CCC(N2C(=O)c3cccc(CC4CCN(CCOCCCC(=O)c5ccc(-n6cc(NC(=O)c7coc(-c8ccnc(NCC9CC9)c8)n7)c(C(F)F)n6)cc5)CC4)c3C2=O)C(=O)N1. The minimum absolute atomic E-state index is 0.0687. The first kappa shape index (κ1) is 45.2. The quantitative estimate of drug-likeness (QED) is 0.0475. The van der Waals surface area contributed by atoms with E-state index in [2.05, 4.69) is 35.9 Å². The summed E-state index contributed by atoms with van der Waals surface area (Å²) in [7, 11) is 0. The van der Waals surface area contributed by atoms with Crippen LogP contribution in [0.3, 0.4) is 0 Å². The molecule has 3 fully saturated rings.